The van der Waals surface area contributed by atoms with E-state index in [0.717, 1.165) is 16.7 Å². The van der Waals surface area contributed by atoms with Crippen molar-refractivity contribution in [1.82, 2.24) is 4.90 Å². The Morgan fingerprint density at radius 1 is 1.03 bits per heavy atom. The smallest absolute Gasteiger partial charge is 0.410 e. The third-order valence-electron chi connectivity index (χ3n) is 5.35. The van der Waals surface area contributed by atoms with Crippen LogP contribution in [0, 0.1) is 5.82 Å². The highest BCUT2D eigenvalue weighted by Crippen LogP contribution is 2.40. The van der Waals surface area contributed by atoms with Crippen molar-refractivity contribution in [1.29, 1.82) is 0 Å². The van der Waals surface area contributed by atoms with Crippen LogP contribution in [-0.4, -0.2) is 23.6 Å². The molecule has 1 heterocycles. The largest absolute Gasteiger partial charge is 0.491 e. The molecule has 5 heteroatoms. The zero-order chi connectivity index (χ0) is 21.8. The van der Waals surface area contributed by atoms with Crippen LogP contribution < -0.4 is 4.74 Å². The van der Waals surface area contributed by atoms with Crippen LogP contribution in [0.15, 0.2) is 72.8 Å². The second kappa shape index (κ2) is 9.21. The van der Waals surface area contributed by atoms with E-state index in [4.69, 9.17) is 9.47 Å². The van der Waals surface area contributed by atoms with Crippen LogP contribution >= 0.6 is 0 Å². The van der Waals surface area contributed by atoms with Gasteiger partial charge in [0.1, 0.15) is 18.2 Å². The highest BCUT2D eigenvalue weighted by atomic mass is 19.1. The summed E-state index contributed by atoms with van der Waals surface area (Å²) < 4.78 is 25.9. The summed E-state index contributed by atoms with van der Waals surface area (Å²) in [6.07, 6.45) is 0.202. The fourth-order valence-corrected chi connectivity index (χ4v) is 4.00. The van der Waals surface area contributed by atoms with Crippen LogP contribution in [0.1, 0.15) is 42.1 Å². The molecule has 4 rings (SSSR count). The van der Waals surface area contributed by atoms with Crippen molar-refractivity contribution in [2.24, 2.45) is 0 Å². The van der Waals surface area contributed by atoms with Gasteiger partial charge in [-0.05, 0) is 55.2 Å². The number of carbonyl (C=O) groups is 1. The second-order valence-electron chi connectivity index (χ2n) is 7.93. The molecule has 1 aliphatic heterocycles. The standard InChI is InChI=1S/C26H26FNO3/c1-18(2)31-24-13-12-21(27)16-23(24)25-22-11-7-6-10-20(22)14-15-28(25)26(29)30-17-19-8-4-3-5-9-19/h3-13,16,18,25H,14-15,17H2,1-2H3. The molecule has 0 fully saturated rings. The number of carbonyl (C=O) groups excluding carboxylic acids is 1. The van der Waals surface area contributed by atoms with E-state index >= 15 is 0 Å². The van der Waals surface area contributed by atoms with Crippen molar-refractivity contribution in [2.75, 3.05) is 6.54 Å². The van der Waals surface area contributed by atoms with Crippen molar-refractivity contribution in [3.63, 3.8) is 0 Å². The Morgan fingerprint density at radius 2 is 1.77 bits per heavy atom. The molecule has 1 atom stereocenters. The van der Waals surface area contributed by atoms with Crippen LogP contribution in [-0.2, 0) is 17.8 Å². The quantitative estimate of drug-likeness (QED) is 0.517. The fourth-order valence-electron chi connectivity index (χ4n) is 4.00. The summed E-state index contributed by atoms with van der Waals surface area (Å²) in [7, 11) is 0. The van der Waals surface area contributed by atoms with Crippen LogP contribution in [0.3, 0.4) is 0 Å². The summed E-state index contributed by atoms with van der Waals surface area (Å²) in [4.78, 5) is 14.8. The van der Waals surface area contributed by atoms with E-state index in [2.05, 4.69) is 6.07 Å². The lowest BCUT2D eigenvalue weighted by Crippen LogP contribution is -2.41. The number of hydrogen-bond donors (Lipinski definition) is 0. The Morgan fingerprint density at radius 3 is 2.55 bits per heavy atom. The monoisotopic (exact) mass is 419 g/mol. The van der Waals surface area contributed by atoms with Crippen molar-refractivity contribution in [3.8, 4) is 5.75 Å². The molecule has 0 saturated heterocycles. The van der Waals surface area contributed by atoms with Gasteiger partial charge in [-0.25, -0.2) is 9.18 Å². The molecule has 0 aliphatic carbocycles. The number of amides is 1. The molecule has 1 aliphatic rings. The lowest BCUT2D eigenvalue weighted by molar-refractivity contribution is 0.0829. The number of hydrogen-bond acceptors (Lipinski definition) is 3. The first-order valence-corrected chi connectivity index (χ1v) is 10.5. The van der Waals surface area contributed by atoms with E-state index in [0.29, 0.717) is 24.3 Å². The lowest BCUT2D eigenvalue weighted by atomic mass is 9.88. The minimum absolute atomic E-state index is 0.0819. The maximum absolute atomic E-state index is 14.3. The molecule has 3 aromatic carbocycles. The number of ether oxygens (including phenoxy) is 2. The van der Waals surface area contributed by atoms with Gasteiger partial charge in [-0.1, -0.05) is 54.6 Å². The van der Waals surface area contributed by atoms with E-state index in [1.165, 1.54) is 12.1 Å². The van der Waals surface area contributed by atoms with Gasteiger partial charge in [0.2, 0.25) is 0 Å². The topological polar surface area (TPSA) is 38.8 Å². The number of rotatable bonds is 5. The van der Waals surface area contributed by atoms with Gasteiger partial charge in [0.05, 0.1) is 12.1 Å². The Bertz CT molecular complexity index is 1050. The molecule has 1 amide bonds. The second-order valence-corrected chi connectivity index (χ2v) is 7.93. The number of nitrogens with zero attached hydrogens (tertiary/aromatic N) is 1. The summed E-state index contributed by atoms with van der Waals surface area (Å²) in [6.45, 7) is 4.51. The molecule has 0 spiro atoms. The number of benzene rings is 3. The molecule has 0 radical (unpaired) electrons. The first-order chi connectivity index (χ1) is 15.0. The molecule has 0 bridgehead atoms. The molecule has 0 aromatic heterocycles. The minimum atomic E-state index is -0.488. The van der Waals surface area contributed by atoms with Crippen LogP contribution in [0.5, 0.6) is 5.75 Å². The Kier molecular flexibility index (Phi) is 6.21. The maximum atomic E-state index is 14.3. The SMILES string of the molecule is CC(C)Oc1ccc(F)cc1C1c2ccccc2CCN1C(=O)OCc1ccccc1. The van der Waals surface area contributed by atoms with Gasteiger partial charge in [-0.2, -0.15) is 0 Å². The summed E-state index contributed by atoms with van der Waals surface area (Å²) in [5.74, 6) is 0.200. The first kappa shape index (κ1) is 20.9. The zero-order valence-corrected chi connectivity index (χ0v) is 17.8. The summed E-state index contributed by atoms with van der Waals surface area (Å²) in [6, 6.07) is 21.5. The molecule has 0 saturated carbocycles. The van der Waals surface area contributed by atoms with E-state index < -0.39 is 12.1 Å². The first-order valence-electron chi connectivity index (χ1n) is 10.5. The minimum Gasteiger partial charge on any atom is -0.491 e. The van der Waals surface area contributed by atoms with Crippen LogP contribution in [0.2, 0.25) is 0 Å². The van der Waals surface area contributed by atoms with E-state index in [9.17, 15) is 9.18 Å². The number of fused-ring (bicyclic) bond motifs is 1. The third-order valence-corrected chi connectivity index (χ3v) is 5.35. The third kappa shape index (κ3) is 4.71. The van der Waals surface area contributed by atoms with Crippen LogP contribution in [0.4, 0.5) is 9.18 Å². The molecule has 1 unspecified atom stereocenters. The summed E-state index contributed by atoms with van der Waals surface area (Å²) in [5.41, 5.74) is 3.64. The van der Waals surface area contributed by atoms with Gasteiger partial charge in [-0.15, -0.1) is 0 Å². The Hall–Kier alpha value is -3.34. The van der Waals surface area contributed by atoms with Crippen molar-refractivity contribution in [2.45, 2.75) is 39.0 Å². The Labute approximate surface area is 182 Å². The van der Waals surface area contributed by atoms with E-state index in [-0.39, 0.29) is 18.5 Å². The average Bonchev–Trinajstić information content (AvgIpc) is 2.78. The fraction of sp³-hybridized carbons (Fsp3) is 0.269. The average molecular weight is 419 g/mol. The summed E-state index contributed by atoms with van der Waals surface area (Å²) >= 11 is 0. The van der Waals surface area contributed by atoms with Gasteiger partial charge in [0.15, 0.2) is 0 Å². The highest BCUT2D eigenvalue weighted by molar-refractivity contribution is 5.70. The lowest BCUT2D eigenvalue weighted by Gasteiger charge is -2.37. The summed E-state index contributed by atoms with van der Waals surface area (Å²) in [5, 5.41) is 0. The van der Waals surface area contributed by atoms with Gasteiger partial charge in [0, 0.05) is 12.1 Å². The predicted molar refractivity (Wildman–Crippen MR) is 117 cm³/mol. The van der Waals surface area contributed by atoms with Gasteiger partial charge in [-0.3, -0.25) is 4.90 Å². The maximum Gasteiger partial charge on any atom is 0.410 e. The Balaban J connectivity index is 1.71. The van der Waals surface area contributed by atoms with Gasteiger partial charge in [0.25, 0.3) is 0 Å². The van der Waals surface area contributed by atoms with Crippen molar-refractivity contribution < 1.29 is 18.7 Å². The molecule has 4 nitrogen and oxygen atoms in total. The molecule has 160 valence electrons. The van der Waals surface area contributed by atoms with Gasteiger partial charge < -0.3 is 9.47 Å². The highest BCUT2D eigenvalue weighted by Gasteiger charge is 2.35. The van der Waals surface area contributed by atoms with Gasteiger partial charge >= 0.3 is 6.09 Å². The normalized spacial score (nSPS) is 15.5. The predicted octanol–water partition coefficient (Wildman–Crippen LogP) is 5.90. The van der Waals surface area contributed by atoms with Crippen molar-refractivity contribution >= 4 is 6.09 Å². The van der Waals surface area contributed by atoms with Crippen molar-refractivity contribution in [3.05, 3.63) is 101 Å². The molecule has 3 aromatic rings. The van der Waals surface area contributed by atoms with E-state index in [1.807, 2.05) is 62.4 Å². The molecular weight excluding hydrogens is 393 g/mol. The van der Waals surface area contributed by atoms with E-state index in [1.54, 1.807) is 11.0 Å². The number of halogens is 1. The molecule has 0 N–H and O–H groups in total. The molecule has 31 heavy (non-hydrogen) atoms. The molecular formula is C26H26FNO3. The zero-order valence-electron chi connectivity index (χ0n) is 17.8. The van der Waals surface area contributed by atoms with Crippen LogP contribution in [0.25, 0.3) is 0 Å².